The second-order valence-corrected chi connectivity index (χ2v) is 9.11. The summed E-state index contributed by atoms with van der Waals surface area (Å²) in [6.45, 7) is 0. The molecule has 0 aliphatic heterocycles. The van der Waals surface area contributed by atoms with Crippen LogP contribution in [0.4, 0.5) is 0 Å². The van der Waals surface area contributed by atoms with E-state index in [1.807, 2.05) is 60.7 Å². The van der Waals surface area contributed by atoms with E-state index in [1.54, 1.807) is 0 Å². The van der Waals surface area contributed by atoms with Gasteiger partial charge in [-0.1, -0.05) is 60.7 Å². The van der Waals surface area contributed by atoms with Crippen LogP contribution in [-0.2, 0) is 15.8 Å². The zero-order valence-electron chi connectivity index (χ0n) is 14.7. The maximum Gasteiger partial charge on any atom is 0.303 e. The van der Waals surface area contributed by atoms with Crippen molar-refractivity contribution in [3.8, 4) is 0 Å². The molecule has 140 valence electrons. The molecule has 0 aliphatic carbocycles. The third-order valence-electron chi connectivity index (χ3n) is 4.55. The SMILES string of the molecule is NC(CCC(=O)O)P(=O)(O)CC(CCc1ccccc1)c1ccccc1. The van der Waals surface area contributed by atoms with Crippen molar-refractivity contribution in [1.29, 1.82) is 0 Å². The van der Waals surface area contributed by atoms with E-state index in [-0.39, 0.29) is 24.9 Å². The maximum atomic E-state index is 12.8. The highest BCUT2D eigenvalue weighted by Crippen LogP contribution is 2.49. The zero-order chi connectivity index (χ0) is 19.0. The molecular weight excluding hydrogens is 349 g/mol. The van der Waals surface area contributed by atoms with Crippen molar-refractivity contribution in [1.82, 2.24) is 0 Å². The van der Waals surface area contributed by atoms with E-state index in [0.717, 1.165) is 18.4 Å². The smallest absolute Gasteiger partial charge is 0.303 e. The molecular formula is C20H26NO4P. The van der Waals surface area contributed by atoms with Crippen molar-refractivity contribution < 1.29 is 19.4 Å². The number of carboxylic acids is 1. The van der Waals surface area contributed by atoms with Gasteiger partial charge < -0.3 is 15.7 Å². The highest BCUT2D eigenvalue weighted by atomic mass is 31.2. The summed E-state index contributed by atoms with van der Waals surface area (Å²) < 4.78 is 12.8. The van der Waals surface area contributed by atoms with Crippen LogP contribution in [0.3, 0.4) is 0 Å². The molecule has 4 N–H and O–H groups in total. The van der Waals surface area contributed by atoms with E-state index >= 15 is 0 Å². The summed E-state index contributed by atoms with van der Waals surface area (Å²) in [5.41, 5.74) is 8.04. The van der Waals surface area contributed by atoms with Crippen LogP contribution in [0.15, 0.2) is 60.7 Å². The van der Waals surface area contributed by atoms with E-state index in [9.17, 15) is 14.3 Å². The summed E-state index contributed by atoms with van der Waals surface area (Å²) in [6.07, 6.45) is 1.38. The number of aliphatic carboxylic acids is 1. The Morgan fingerprint density at radius 1 is 1.00 bits per heavy atom. The van der Waals surface area contributed by atoms with Crippen LogP contribution >= 0.6 is 7.37 Å². The Morgan fingerprint density at radius 2 is 1.58 bits per heavy atom. The van der Waals surface area contributed by atoms with Gasteiger partial charge in [0.25, 0.3) is 0 Å². The second-order valence-electron chi connectivity index (χ2n) is 6.57. The van der Waals surface area contributed by atoms with Crippen LogP contribution in [0.1, 0.15) is 36.3 Å². The average Bonchev–Trinajstić information content (AvgIpc) is 2.64. The van der Waals surface area contributed by atoms with E-state index in [4.69, 9.17) is 10.8 Å². The Bertz CT molecular complexity index is 736. The molecule has 2 aromatic carbocycles. The van der Waals surface area contributed by atoms with Gasteiger partial charge in [-0.3, -0.25) is 9.36 Å². The molecule has 0 spiro atoms. The van der Waals surface area contributed by atoms with E-state index in [1.165, 1.54) is 5.56 Å². The van der Waals surface area contributed by atoms with E-state index < -0.39 is 19.1 Å². The predicted molar refractivity (Wildman–Crippen MR) is 103 cm³/mol. The highest BCUT2D eigenvalue weighted by molar-refractivity contribution is 7.58. The molecule has 0 aromatic heterocycles. The summed E-state index contributed by atoms with van der Waals surface area (Å²) in [5, 5.41) is 8.77. The normalized spacial score (nSPS) is 15.8. The Morgan fingerprint density at radius 3 is 2.15 bits per heavy atom. The van der Waals surface area contributed by atoms with Gasteiger partial charge in [0.1, 0.15) is 0 Å². The number of carboxylic acid groups (broad SMARTS) is 1. The minimum Gasteiger partial charge on any atom is -0.481 e. The van der Waals surface area contributed by atoms with Crippen LogP contribution < -0.4 is 5.73 Å². The molecule has 2 rings (SSSR count). The first-order chi connectivity index (χ1) is 12.4. The van der Waals surface area contributed by atoms with Crippen LogP contribution in [0.5, 0.6) is 0 Å². The van der Waals surface area contributed by atoms with Crippen molar-refractivity contribution in [3.05, 3.63) is 71.8 Å². The lowest BCUT2D eigenvalue weighted by Gasteiger charge is -2.25. The molecule has 0 fully saturated rings. The Kier molecular flexibility index (Phi) is 7.58. The number of hydrogen-bond acceptors (Lipinski definition) is 3. The summed E-state index contributed by atoms with van der Waals surface area (Å²) >= 11 is 0. The molecule has 0 heterocycles. The first-order valence-electron chi connectivity index (χ1n) is 8.76. The summed E-state index contributed by atoms with van der Waals surface area (Å²) in [6, 6.07) is 19.7. The first kappa shape index (κ1) is 20.4. The molecule has 26 heavy (non-hydrogen) atoms. The van der Waals surface area contributed by atoms with E-state index in [2.05, 4.69) is 0 Å². The summed E-state index contributed by atoms with van der Waals surface area (Å²) in [7, 11) is -3.67. The highest BCUT2D eigenvalue weighted by Gasteiger charge is 2.31. The monoisotopic (exact) mass is 375 g/mol. The van der Waals surface area contributed by atoms with Gasteiger partial charge in [-0.2, -0.15) is 0 Å². The molecule has 5 nitrogen and oxygen atoms in total. The average molecular weight is 375 g/mol. The van der Waals surface area contributed by atoms with Crippen molar-refractivity contribution in [2.24, 2.45) is 5.73 Å². The number of hydrogen-bond donors (Lipinski definition) is 3. The van der Waals surface area contributed by atoms with Gasteiger partial charge in [-0.15, -0.1) is 0 Å². The van der Waals surface area contributed by atoms with Gasteiger partial charge in [0.05, 0.1) is 5.78 Å². The lowest BCUT2D eigenvalue weighted by atomic mass is 9.94. The minimum absolute atomic E-state index is 0.00328. The second kappa shape index (κ2) is 9.67. The molecule has 3 unspecified atom stereocenters. The van der Waals surface area contributed by atoms with Crippen molar-refractivity contribution >= 4 is 13.3 Å². The maximum absolute atomic E-state index is 12.8. The van der Waals surface area contributed by atoms with Crippen molar-refractivity contribution in [3.63, 3.8) is 0 Å². The van der Waals surface area contributed by atoms with Crippen LogP contribution in [-0.4, -0.2) is 27.9 Å². The van der Waals surface area contributed by atoms with Crippen LogP contribution in [0.25, 0.3) is 0 Å². The van der Waals surface area contributed by atoms with Crippen molar-refractivity contribution in [2.45, 2.75) is 37.4 Å². The number of carbonyl (C=O) groups is 1. The zero-order valence-corrected chi connectivity index (χ0v) is 15.6. The Labute approximate surface area is 154 Å². The topological polar surface area (TPSA) is 101 Å². The fourth-order valence-electron chi connectivity index (χ4n) is 3.00. The Balaban J connectivity index is 2.10. The van der Waals surface area contributed by atoms with Gasteiger partial charge in [0.2, 0.25) is 7.37 Å². The van der Waals surface area contributed by atoms with Gasteiger partial charge in [0.15, 0.2) is 0 Å². The summed E-state index contributed by atoms with van der Waals surface area (Å²) in [5.74, 6) is -2.13. The van der Waals surface area contributed by atoms with Crippen molar-refractivity contribution in [2.75, 3.05) is 6.16 Å². The third kappa shape index (κ3) is 6.41. The largest absolute Gasteiger partial charge is 0.481 e. The standard InChI is InChI=1S/C20H26NO4P/c21-19(13-14-20(22)23)26(24,25)15-18(17-9-5-2-6-10-17)12-11-16-7-3-1-4-8-16/h1-10,18-19H,11-15,21H2,(H,22,23)(H,24,25). The van der Waals surface area contributed by atoms with Crippen LogP contribution in [0.2, 0.25) is 0 Å². The van der Waals surface area contributed by atoms with E-state index in [0.29, 0.717) is 0 Å². The number of aryl methyl sites for hydroxylation is 1. The number of nitrogens with two attached hydrogens (primary N) is 1. The lowest BCUT2D eigenvalue weighted by molar-refractivity contribution is -0.137. The molecule has 2 aromatic rings. The molecule has 3 atom stereocenters. The molecule has 0 saturated heterocycles. The van der Waals surface area contributed by atoms with Gasteiger partial charge in [0, 0.05) is 12.6 Å². The van der Waals surface area contributed by atoms with Gasteiger partial charge >= 0.3 is 5.97 Å². The quantitative estimate of drug-likeness (QED) is 0.548. The molecule has 0 amide bonds. The molecule has 0 aliphatic rings. The molecule has 0 bridgehead atoms. The fraction of sp³-hybridized carbons (Fsp3) is 0.350. The first-order valence-corrected chi connectivity index (χ1v) is 10.7. The van der Waals surface area contributed by atoms with Gasteiger partial charge in [-0.05, 0) is 36.3 Å². The fourth-order valence-corrected chi connectivity index (χ4v) is 4.83. The predicted octanol–water partition coefficient (Wildman–Crippen LogP) is 3.82. The Hall–Kier alpha value is -1.94. The summed E-state index contributed by atoms with van der Waals surface area (Å²) in [4.78, 5) is 21.2. The minimum atomic E-state index is -3.67. The molecule has 0 radical (unpaired) electrons. The molecule has 6 heteroatoms. The number of benzene rings is 2. The number of rotatable bonds is 10. The van der Waals surface area contributed by atoms with Crippen LogP contribution in [0, 0.1) is 0 Å². The van der Waals surface area contributed by atoms with Gasteiger partial charge in [-0.25, -0.2) is 0 Å². The lowest BCUT2D eigenvalue weighted by Crippen LogP contribution is -2.24. The molecule has 0 saturated carbocycles. The third-order valence-corrected chi connectivity index (χ3v) is 6.81.